The number of benzene rings is 1. The monoisotopic (exact) mass is 294 g/mol. The maximum atomic E-state index is 14.5. The molecule has 1 aromatic rings. The van der Waals surface area contributed by atoms with Gasteiger partial charge in [-0.1, -0.05) is 25.8 Å². The second kappa shape index (κ2) is 5.56. The lowest BCUT2D eigenvalue weighted by atomic mass is 9.91. The van der Waals surface area contributed by atoms with Crippen LogP contribution in [0.5, 0.6) is 0 Å². The zero-order valence-corrected chi connectivity index (χ0v) is 12.9. The van der Waals surface area contributed by atoms with Crippen LogP contribution < -0.4 is 10.2 Å². The first-order valence-electron chi connectivity index (χ1n) is 8.02. The van der Waals surface area contributed by atoms with Gasteiger partial charge < -0.3 is 10.2 Å². The van der Waals surface area contributed by atoms with Crippen molar-refractivity contribution in [3.05, 3.63) is 29.3 Å². The van der Waals surface area contributed by atoms with E-state index < -0.39 is 11.6 Å². The molecule has 1 saturated carbocycles. The van der Waals surface area contributed by atoms with Gasteiger partial charge in [0, 0.05) is 24.7 Å². The Morgan fingerprint density at radius 3 is 2.67 bits per heavy atom. The highest BCUT2D eigenvalue weighted by Crippen LogP contribution is 2.37. The van der Waals surface area contributed by atoms with Gasteiger partial charge in [-0.05, 0) is 37.8 Å². The first-order chi connectivity index (χ1) is 10.1. The van der Waals surface area contributed by atoms with Crippen molar-refractivity contribution in [2.75, 3.05) is 18.0 Å². The topological polar surface area (TPSA) is 15.3 Å². The fourth-order valence-corrected chi connectivity index (χ4v) is 3.87. The van der Waals surface area contributed by atoms with E-state index in [1.54, 1.807) is 6.92 Å². The lowest BCUT2D eigenvalue weighted by molar-refractivity contribution is 0.264. The number of rotatable bonds is 2. The van der Waals surface area contributed by atoms with Crippen LogP contribution in [0.4, 0.5) is 14.5 Å². The molecule has 1 spiro atoms. The van der Waals surface area contributed by atoms with Gasteiger partial charge in [0.15, 0.2) is 5.82 Å². The van der Waals surface area contributed by atoms with E-state index in [9.17, 15) is 8.78 Å². The summed E-state index contributed by atoms with van der Waals surface area (Å²) in [6, 6.07) is 3.06. The van der Waals surface area contributed by atoms with Crippen LogP contribution in [0.25, 0.3) is 0 Å². The Labute approximate surface area is 125 Å². The number of piperazine rings is 1. The highest BCUT2D eigenvalue weighted by Gasteiger charge is 2.42. The van der Waals surface area contributed by atoms with Crippen LogP contribution in [-0.2, 0) is 0 Å². The smallest absolute Gasteiger partial charge is 0.152 e. The molecule has 1 aliphatic carbocycles. The number of hydrogen-bond acceptors (Lipinski definition) is 2. The van der Waals surface area contributed by atoms with Crippen LogP contribution in [0.2, 0.25) is 0 Å². The van der Waals surface area contributed by atoms with E-state index in [2.05, 4.69) is 12.2 Å². The van der Waals surface area contributed by atoms with Gasteiger partial charge in [-0.25, -0.2) is 8.78 Å². The molecular formula is C17H24F2N2. The molecule has 1 saturated heterocycles. The van der Waals surface area contributed by atoms with E-state index in [-0.39, 0.29) is 17.3 Å². The molecule has 21 heavy (non-hydrogen) atoms. The van der Waals surface area contributed by atoms with Gasteiger partial charge >= 0.3 is 0 Å². The van der Waals surface area contributed by atoms with Crippen LogP contribution in [-0.4, -0.2) is 24.7 Å². The Morgan fingerprint density at radius 2 is 2.00 bits per heavy atom. The van der Waals surface area contributed by atoms with Gasteiger partial charge in [0.05, 0.1) is 0 Å². The molecule has 3 rings (SSSR count). The van der Waals surface area contributed by atoms with Crippen LogP contribution in [0.15, 0.2) is 12.1 Å². The number of aryl methyl sites for hydroxylation is 1. The lowest BCUT2D eigenvalue weighted by Crippen LogP contribution is -2.63. The third-order valence-electron chi connectivity index (χ3n) is 5.21. The van der Waals surface area contributed by atoms with Crippen molar-refractivity contribution in [3.63, 3.8) is 0 Å². The molecule has 1 N–H and O–H groups in total. The van der Waals surface area contributed by atoms with E-state index >= 15 is 0 Å². The molecule has 1 unspecified atom stereocenters. The van der Waals surface area contributed by atoms with Crippen LogP contribution in [0, 0.1) is 18.6 Å². The molecule has 1 atom stereocenters. The molecule has 4 heteroatoms. The summed E-state index contributed by atoms with van der Waals surface area (Å²) in [4.78, 5) is 1.99. The molecular weight excluding hydrogens is 270 g/mol. The third-order valence-corrected chi connectivity index (χ3v) is 5.21. The minimum absolute atomic E-state index is 0.0499. The molecule has 116 valence electrons. The number of halogens is 2. The molecule has 0 amide bonds. The number of nitrogens with zero attached hydrogens (tertiary/aromatic N) is 1. The number of anilines is 1. The molecule has 0 bridgehead atoms. The molecule has 0 aromatic heterocycles. The van der Waals surface area contributed by atoms with Crippen molar-refractivity contribution in [2.24, 2.45) is 0 Å². The number of hydrogen-bond donors (Lipinski definition) is 1. The maximum absolute atomic E-state index is 14.5. The highest BCUT2D eigenvalue weighted by molar-refractivity contribution is 5.53. The van der Waals surface area contributed by atoms with Crippen molar-refractivity contribution >= 4 is 5.69 Å². The van der Waals surface area contributed by atoms with Crippen LogP contribution >= 0.6 is 0 Å². The molecule has 0 radical (unpaired) electrons. The van der Waals surface area contributed by atoms with Crippen molar-refractivity contribution in [2.45, 2.75) is 57.5 Å². The first kappa shape index (κ1) is 14.8. The largest absolute Gasteiger partial charge is 0.361 e. The molecule has 2 aliphatic rings. The quantitative estimate of drug-likeness (QED) is 0.893. The van der Waals surface area contributed by atoms with Gasteiger partial charge in [-0.15, -0.1) is 0 Å². The zero-order valence-electron chi connectivity index (χ0n) is 12.9. The van der Waals surface area contributed by atoms with Gasteiger partial charge in [-0.2, -0.15) is 0 Å². The Kier molecular flexibility index (Phi) is 3.91. The SMILES string of the molecule is CCC1CNC2(CCCC2)CN1c1c(F)ccc(C)c1F. The van der Waals surface area contributed by atoms with E-state index in [0.29, 0.717) is 12.1 Å². The fraction of sp³-hybridized carbons (Fsp3) is 0.647. The Balaban J connectivity index is 1.99. The summed E-state index contributed by atoms with van der Waals surface area (Å²) >= 11 is 0. The van der Waals surface area contributed by atoms with Crippen molar-refractivity contribution in [3.8, 4) is 0 Å². The Hall–Kier alpha value is -1.16. The Bertz CT molecular complexity index is 524. The first-order valence-corrected chi connectivity index (χ1v) is 8.02. The van der Waals surface area contributed by atoms with Crippen LogP contribution in [0.1, 0.15) is 44.6 Å². The molecule has 2 fully saturated rings. The second-order valence-corrected chi connectivity index (χ2v) is 6.59. The number of nitrogens with one attached hydrogen (secondary N) is 1. The van der Waals surface area contributed by atoms with E-state index in [1.807, 2.05) is 4.90 Å². The second-order valence-electron chi connectivity index (χ2n) is 6.59. The predicted octanol–water partition coefficient (Wildman–Crippen LogP) is 3.77. The summed E-state index contributed by atoms with van der Waals surface area (Å²) in [6.45, 7) is 5.30. The fourth-order valence-electron chi connectivity index (χ4n) is 3.87. The molecule has 2 nitrogen and oxygen atoms in total. The lowest BCUT2D eigenvalue weighted by Gasteiger charge is -2.47. The third kappa shape index (κ3) is 2.54. The Morgan fingerprint density at radius 1 is 1.29 bits per heavy atom. The zero-order chi connectivity index (χ0) is 15.0. The van der Waals surface area contributed by atoms with Crippen molar-refractivity contribution in [1.29, 1.82) is 0 Å². The minimum atomic E-state index is -0.438. The maximum Gasteiger partial charge on any atom is 0.152 e. The van der Waals surface area contributed by atoms with Crippen molar-refractivity contribution in [1.82, 2.24) is 5.32 Å². The van der Waals surface area contributed by atoms with Gasteiger partial charge in [0.1, 0.15) is 11.5 Å². The standard InChI is InChI=1S/C17H24F2N2/c1-3-13-10-20-17(8-4-5-9-17)11-21(13)16-14(18)7-6-12(2)15(16)19/h6-7,13,20H,3-5,8-11H2,1-2H3. The molecule has 1 aromatic carbocycles. The van der Waals surface area contributed by atoms with Crippen LogP contribution in [0.3, 0.4) is 0 Å². The molecule has 1 aliphatic heterocycles. The van der Waals surface area contributed by atoms with Gasteiger partial charge in [0.2, 0.25) is 0 Å². The summed E-state index contributed by atoms with van der Waals surface area (Å²) in [6.07, 6.45) is 5.51. The summed E-state index contributed by atoms with van der Waals surface area (Å²) < 4.78 is 28.8. The highest BCUT2D eigenvalue weighted by atomic mass is 19.1. The van der Waals surface area contributed by atoms with E-state index in [0.717, 1.165) is 25.8 Å². The average molecular weight is 294 g/mol. The summed E-state index contributed by atoms with van der Waals surface area (Å²) in [5.74, 6) is -0.838. The van der Waals surface area contributed by atoms with Gasteiger partial charge in [0.25, 0.3) is 0 Å². The van der Waals surface area contributed by atoms with E-state index in [4.69, 9.17) is 0 Å². The average Bonchev–Trinajstić information content (AvgIpc) is 2.92. The summed E-state index contributed by atoms with van der Waals surface area (Å²) in [7, 11) is 0. The summed E-state index contributed by atoms with van der Waals surface area (Å²) in [5.41, 5.74) is 0.740. The van der Waals surface area contributed by atoms with Gasteiger partial charge in [-0.3, -0.25) is 0 Å². The minimum Gasteiger partial charge on any atom is -0.361 e. The van der Waals surface area contributed by atoms with E-state index in [1.165, 1.54) is 25.0 Å². The normalized spacial score (nSPS) is 24.8. The molecule has 1 heterocycles. The predicted molar refractivity (Wildman–Crippen MR) is 81.7 cm³/mol. The van der Waals surface area contributed by atoms with Crippen molar-refractivity contribution < 1.29 is 8.78 Å². The summed E-state index contributed by atoms with van der Waals surface area (Å²) in [5, 5.41) is 3.66.